The lowest BCUT2D eigenvalue weighted by molar-refractivity contribution is -0.996. The maximum atomic E-state index is 10.8. The first-order chi connectivity index (χ1) is 7.47. The molecular formula is C8H11ClN2O5. The van der Waals surface area contributed by atoms with E-state index in [2.05, 4.69) is 0 Å². The minimum absolute atomic E-state index is 0.239. The summed E-state index contributed by atoms with van der Waals surface area (Å²) in [4.78, 5) is 0. The summed E-state index contributed by atoms with van der Waals surface area (Å²) in [5.74, 6) is -0.499. The molecule has 1 aromatic carbocycles. The highest BCUT2D eigenvalue weighted by molar-refractivity contribution is 6.18. The first-order valence-corrected chi connectivity index (χ1v) is 4.89. The molecule has 7 nitrogen and oxygen atoms in total. The molecule has 0 spiro atoms. The first-order valence-electron chi connectivity index (χ1n) is 4.35. The molecule has 0 saturated carbocycles. The van der Waals surface area contributed by atoms with E-state index in [1.807, 2.05) is 0 Å². The summed E-state index contributed by atoms with van der Waals surface area (Å²) in [6, 6.07) is 2.43. The van der Waals surface area contributed by atoms with Gasteiger partial charge in [0.2, 0.25) is 17.1 Å². The molecule has 0 aliphatic carbocycles. The van der Waals surface area contributed by atoms with Crippen molar-refractivity contribution in [2.75, 3.05) is 5.88 Å². The standard InChI is InChI=1S/C8H11ClN2O5/c9-2-1-5-3-6(10(13)14)8(12)7(4-5)11(15)16/h3-4,10-13,15H,1-2H2. The number of phenolic OH excluding ortho intramolecular Hbond substituents is 1. The smallest absolute Gasteiger partial charge is 0.246 e. The molecule has 0 amide bonds. The molecule has 0 saturated heterocycles. The molecule has 0 bridgehead atoms. The molecule has 0 heterocycles. The third kappa shape index (κ3) is 2.80. The zero-order valence-electron chi connectivity index (χ0n) is 8.11. The summed E-state index contributed by atoms with van der Waals surface area (Å²) in [7, 11) is 0. The van der Waals surface area contributed by atoms with Crippen molar-refractivity contribution >= 4 is 23.0 Å². The van der Waals surface area contributed by atoms with E-state index in [1.54, 1.807) is 0 Å². The highest BCUT2D eigenvalue weighted by atomic mass is 35.5. The van der Waals surface area contributed by atoms with Crippen molar-refractivity contribution in [3.8, 4) is 5.75 Å². The fourth-order valence-corrected chi connectivity index (χ4v) is 1.49. The molecule has 0 aromatic heterocycles. The first kappa shape index (κ1) is 13.1. The summed E-state index contributed by atoms with van der Waals surface area (Å²) in [6.07, 6.45) is 0.336. The van der Waals surface area contributed by atoms with Gasteiger partial charge in [0, 0.05) is 18.0 Å². The molecule has 1 rings (SSSR count). The molecule has 0 aliphatic heterocycles. The fourth-order valence-electron chi connectivity index (χ4n) is 1.27. The van der Waals surface area contributed by atoms with Crippen LogP contribution in [0.3, 0.4) is 0 Å². The molecular weight excluding hydrogens is 240 g/mol. The van der Waals surface area contributed by atoms with Gasteiger partial charge in [-0.25, -0.2) is 10.4 Å². The number of aromatic hydroxyl groups is 1. The van der Waals surface area contributed by atoms with Gasteiger partial charge in [0.25, 0.3) is 0 Å². The quantitative estimate of drug-likeness (QED) is 0.267. The fraction of sp³-hybridized carbons (Fsp3) is 0.250. The lowest BCUT2D eigenvalue weighted by atomic mass is 10.1. The van der Waals surface area contributed by atoms with E-state index in [4.69, 9.17) is 22.0 Å². The Kier molecular flexibility index (Phi) is 4.44. The molecule has 0 radical (unpaired) electrons. The number of rotatable bonds is 4. The summed E-state index contributed by atoms with van der Waals surface area (Å²) in [5, 5.41) is 45.8. The van der Waals surface area contributed by atoms with Gasteiger partial charge in [-0.3, -0.25) is 0 Å². The topological polar surface area (TPSA) is 116 Å². The maximum Gasteiger partial charge on any atom is 0.246 e. The van der Waals surface area contributed by atoms with E-state index in [1.165, 1.54) is 12.1 Å². The van der Waals surface area contributed by atoms with Crippen LogP contribution in [0.15, 0.2) is 12.1 Å². The number of halogens is 1. The number of hydrogen-bond acceptors (Lipinski definition) is 5. The van der Waals surface area contributed by atoms with Crippen molar-refractivity contribution in [2.24, 2.45) is 0 Å². The van der Waals surface area contributed by atoms with Crippen LogP contribution in [0.25, 0.3) is 0 Å². The predicted octanol–water partition coefficient (Wildman–Crippen LogP) is -1.02. The lowest BCUT2D eigenvalue weighted by Gasteiger charge is -2.18. The lowest BCUT2D eigenvalue weighted by Crippen LogP contribution is -3.00. The number of nitrogens with one attached hydrogen (secondary N) is 2. The molecule has 2 unspecified atom stereocenters. The highest BCUT2D eigenvalue weighted by Gasteiger charge is 2.19. The van der Waals surface area contributed by atoms with E-state index in [0.717, 1.165) is 0 Å². The molecule has 90 valence electrons. The number of aryl methyl sites for hydroxylation is 1. The largest absolute Gasteiger partial charge is 0.595 e. The molecule has 16 heavy (non-hydrogen) atoms. The molecule has 0 fully saturated rings. The van der Waals surface area contributed by atoms with Crippen molar-refractivity contribution in [3.63, 3.8) is 0 Å². The van der Waals surface area contributed by atoms with Gasteiger partial charge >= 0.3 is 0 Å². The van der Waals surface area contributed by atoms with Crippen molar-refractivity contribution < 1.29 is 26.0 Å². The van der Waals surface area contributed by atoms with Crippen LogP contribution in [0.1, 0.15) is 5.56 Å². The van der Waals surface area contributed by atoms with Crippen molar-refractivity contribution in [1.82, 2.24) is 0 Å². The SMILES string of the molecule is [O-][NH+](O)c1cc(CCCl)cc([NH+]([O-])O)c1O. The third-order valence-corrected chi connectivity index (χ3v) is 2.20. The van der Waals surface area contributed by atoms with E-state index in [-0.39, 0.29) is 5.88 Å². The van der Waals surface area contributed by atoms with Gasteiger partial charge in [0.1, 0.15) is 0 Å². The van der Waals surface area contributed by atoms with Gasteiger partial charge < -0.3 is 15.5 Å². The minimum atomic E-state index is -1.38. The molecule has 1 aromatic rings. The Morgan fingerprint density at radius 1 is 1.12 bits per heavy atom. The normalized spacial score (nSPS) is 14.8. The van der Waals surface area contributed by atoms with Gasteiger partial charge in [0.05, 0.1) is 0 Å². The summed E-state index contributed by atoms with van der Waals surface area (Å²) in [6.45, 7) is 0. The Labute approximate surface area is 95.8 Å². The Morgan fingerprint density at radius 3 is 1.88 bits per heavy atom. The Morgan fingerprint density at radius 2 is 1.56 bits per heavy atom. The zero-order chi connectivity index (χ0) is 12.3. The van der Waals surface area contributed by atoms with E-state index < -0.39 is 27.6 Å². The minimum Gasteiger partial charge on any atom is -0.595 e. The molecule has 2 atom stereocenters. The zero-order valence-corrected chi connectivity index (χ0v) is 8.86. The van der Waals surface area contributed by atoms with Crippen LogP contribution in [0.4, 0.5) is 11.4 Å². The second-order valence-corrected chi connectivity index (χ2v) is 3.47. The van der Waals surface area contributed by atoms with Crippen LogP contribution in [0, 0.1) is 10.4 Å². The van der Waals surface area contributed by atoms with Gasteiger partial charge in [-0.15, -0.1) is 11.6 Å². The van der Waals surface area contributed by atoms with Gasteiger partial charge in [0.15, 0.2) is 0 Å². The van der Waals surface area contributed by atoms with Crippen LogP contribution >= 0.6 is 11.6 Å². The third-order valence-electron chi connectivity index (χ3n) is 2.01. The van der Waals surface area contributed by atoms with Gasteiger partial charge in [-0.2, -0.15) is 10.5 Å². The summed E-state index contributed by atoms with van der Waals surface area (Å²) >= 11 is 5.48. The number of quaternary nitrogens is 2. The maximum absolute atomic E-state index is 10.8. The summed E-state index contributed by atoms with van der Waals surface area (Å²) in [5.41, 5.74) is -0.400. The van der Waals surface area contributed by atoms with E-state index in [9.17, 15) is 15.5 Å². The monoisotopic (exact) mass is 250 g/mol. The second-order valence-electron chi connectivity index (χ2n) is 3.09. The van der Waals surface area contributed by atoms with Gasteiger partial charge in [-0.05, 0) is 12.0 Å². The van der Waals surface area contributed by atoms with Crippen LogP contribution in [-0.4, -0.2) is 21.4 Å². The summed E-state index contributed by atoms with van der Waals surface area (Å²) < 4.78 is 0. The van der Waals surface area contributed by atoms with Crippen LogP contribution in [0.2, 0.25) is 0 Å². The average Bonchev–Trinajstić information content (AvgIpc) is 2.19. The Bertz CT molecular complexity index is 342. The second kappa shape index (κ2) is 5.41. The molecule has 0 aliphatic rings. The number of alkyl halides is 1. The average molecular weight is 251 g/mol. The van der Waals surface area contributed by atoms with Crippen molar-refractivity contribution in [2.45, 2.75) is 6.42 Å². The van der Waals surface area contributed by atoms with Gasteiger partial charge in [-0.1, -0.05) is 0 Å². The number of benzene rings is 1. The van der Waals surface area contributed by atoms with Crippen molar-refractivity contribution in [1.29, 1.82) is 0 Å². The van der Waals surface area contributed by atoms with Crippen LogP contribution in [-0.2, 0) is 6.42 Å². The molecule has 5 N–H and O–H groups in total. The van der Waals surface area contributed by atoms with Crippen LogP contribution in [0.5, 0.6) is 5.75 Å². The van der Waals surface area contributed by atoms with E-state index >= 15 is 0 Å². The molecule has 8 heteroatoms. The number of phenols is 1. The van der Waals surface area contributed by atoms with Crippen LogP contribution < -0.4 is 10.5 Å². The highest BCUT2D eigenvalue weighted by Crippen LogP contribution is 2.28. The Hall–Kier alpha value is -0.930. The Balaban J connectivity index is 3.27. The predicted molar refractivity (Wildman–Crippen MR) is 54.1 cm³/mol. The van der Waals surface area contributed by atoms with Crippen molar-refractivity contribution in [3.05, 3.63) is 28.1 Å². The number of hydrogen-bond donors (Lipinski definition) is 5. The van der Waals surface area contributed by atoms with E-state index in [0.29, 0.717) is 12.0 Å².